The molecule has 1 atom stereocenters. The van der Waals surface area contributed by atoms with Crippen LogP contribution in [0.2, 0.25) is 0 Å². The summed E-state index contributed by atoms with van der Waals surface area (Å²) in [4.78, 5) is 15.5. The van der Waals surface area contributed by atoms with Crippen LogP contribution < -0.4 is 0 Å². The molecule has 2 aromatic rings. The Kier molecular flexibility index (Phi) is 3.81. The molecule has 1 N–H and O–H groups in total. The maximum absolute atomic E-state index is 12.9. The second kappa shape index (κ2) is 5.64. The molecule has 1 unspecified atom stereocenters. The third-order valence-corrected chi connectivity index (χ3v) is 5.52. The van der Waals surface area contributed by atoms with Crippen LogP contribution in [0.1, 0.15) is 0 Å². The van der Waals surface area contributed by atoms with Gasteiger partial charge in [0.2, 0.25) is 10.0 Å². The van der Waals surface area contributed by atoms with Crippen molar-refractivity contribution in [3.63, 3.8) is 0 Å². The molecule has 1 fully saturated rings. The monoisotopic (exact) mass is 322 g/mol. The third-order valence-electron chi connectivity index (χ3n) is 3.56. The molecule has 8 heteroatoms. The molecular formula is C14H14N2O5S. The van der Waals surface area contributed by atoms with Crippen LogP contribution >= 0.6 is 0 Å². The van der Waals surface area contributed by atoms with Crippen LogP contribution in [-0.4, -0.2) is 54.6 Å². The zero-order valence-electron chi connectivity index (χ0n) is 11.5. The lowest BCUT2D eigenvalue weighted by molar-refractivity contribution is -0.146. The molecule has 7 nitrogen and oxygen atoms in total. The highest BCUT2D eigenvalue weighted by molar-refractivity contribution is 7.89. The van der Waals surface area contributed by atoms with Crippen molar-refractivity contribution in [1.82, 2.24) is 9.29 Å². The fraction of sp³-hybridized carbons (Fsp3) is 0.286. The summed E-state index contributed by atoms with van der Waals surface area (Å²) in [5, 5.41) is 9.71. The van der Waals surface area contributed by atoms with E-state index < -0.39 is 22.0 Å². The van der Waals surface area contributed by atoms with E-state index in [0.29, 0.717) is 10.9 Å². The van der Waals surface area contributed by atoms with Gasteiger partial charge < -0.3 is 9.84 Å². The average molecular weight is 322 g/mol. The second-order valence-corrected chi connectivity index (χ2v) is 6.73. The van der Waals surface area contributed by atoms with Crippen LogP contribution in [0.5, 0.6) is 0 Å². The van der Waals surface area contributed by atoms with Crippen molar-refractivity contribution < 1.29 is 23.1 Å². The van der Waals surface area contributed by atoms with Crippen LogP contribution in [0.4, 0.5) is 0 Å². The number of aliphatic carboxylic acids is 1. The Morgan fingerprint density at radius 3 is 2.91 bits per heavy atom. The van der Waals surface area contributed by atoms with Crippen LogP contribution in [0.15, 0.2) is 41.4 Å². The number of nitrogens with zero attached hydrogens (tertiary/aromatic N) is 2. The number of hydrogen-bond acceptors (Lipinski definition) is 5. The number of hydrogen-bond donors (Lipinski definition) is 1. The van der Waals surface area contributed by atoms with E-state index in [1.807, 2.05) is 0 Å². The predicted molar refractivity (Wildman–Crippen MR) is 77.9 cm³/mol. The van der Waals surface area contributed by atoms with Crippen LogP contribution in [0.25, 0.3) is 10.9 Å². The molecule has 1 saturated heterocycles. The van der Waals surface area contributed by atoms with Crippen LogP contribution in [-0.2, 0) is 19.6 Å². The molecule has 2 heterocycles. The van der Waals surface area contributed by atoms with E-state index in [9.17, 15) is 18.3 Å². The highest BCUT2D eigenvalue weighted by Gasteiger charge is 2.38. The Morgan fingerprint density at radius 2 is 2.14 bits per heavy atom. The Balaban J connectivity index is 2.13. The van der Waals surface area contributed by atoms with Crippen molar-refractivity contribution in [2.45, 2.75) is 10.9 Å². The Bertz CT molecular complexity index is 816. The summed E-state index contributed by atoms with van der Waals surface area (Å²) >= 11 is 0. The number of benzene rings is 1. The van der Waals surface area contributed by atoms with E-state index in [4.69, 9.17) is 4.74 Å². The topological polar surface area (TPSA) is 96.8 Å². The van der Waals surface area contributed by atoms with Gasteiger partial charge >= 0.3 is 5.97 Å². The minimum Gasteiger partial charge on any atom is -0.480 e. The van der Waals surface area contributed by atoms with Gasteiger partial charge in [-0.3, -0.25) is 9.78 Å². The van der Waals surface area contributed by atoms with Crippen molar-refractivity contribution in [3.05, 3.63) is 36.5 Å². The quantitative estimate of drug-likeness (QED) is 0.894. The van der Waals surface area contributed by atoms with Crippen LogP contribution in [0.3, 0.4) is 0 Å². The lowest BCUT2D eigenvalue weighted by atomic mass is 10.2. The minimum absolute atomic E-state index is 0.00987. The zero-order chi connectivity index (χ0) is 15.7. The first kappa shape index (κ1) is 14.9. The van der Waals surface area contributed by atoms with E-state index in [1.165, 1.54) is 6.07 Å². The van der Waals surface area contributed by atoms with Gasteiger partial charge in [0.1, 0.15) is 6.04 Å². The number of carboxylic acids is 1. The molecule has 1 aliphatic heterocycles. The molecule has 0 amide bonds. The molecule has 22 heavy (non-hydrogen) atoms. The maximum atomic E-state index is 12.9. The lowest BCUT2D eigenvalue weighted by Gasteiger charge is -2.32. The number of carboxylic acid groups (broad SMARTS) is 1. The van der Waals surface area contributed by atoms with Crippen molar-refractivity contribution in [2.75, 3.05) is 19.8 Å². The van der Waals surface area contributed by atoms with E-state index in [1.54, 1.807) is 30.5 Å². The summed E-state index contributed by atoms with van der Waals surface area (Å²) in [5.41, 5.74) is 0.545. The van der Waals surface area contributed by atoms with E-state index >= 15 is 0 Å². The normalized spacial score (nSPS) is 20.1. The number of carbonyl (C=O) groups is 1. The minimum atomic E-state index is -3.95. The van der Waals surface area contributed by atoms with Gasteiger partial charge in [-0.25, -0.2) is 8.42 Å². The number of pyridine rings is 1. The predicted octanol–water partition coefficient (Wildman–Crippen LogP) is 0.709. The van der Waals surface area contributed by atoms with Crippen molar-refractivity contribution in [1.29, 1.82) is 0 Å². The van der Waals surface area contributed by atoms with Crippen LogP contribution in [0, 0.1) is 0 Å². The molecule has 0 saturated carbocycles. The number of fused-ring (bicyclic) bond motifs is 1. The molecule has 0 bridgehead atoms. The number of ether oxygens (including phenoxy) is 1. The smallest absolute Gasteiger partial charge is 0.324 e. The fourth-order valence-corrected chi connectivity index (χ4v) is 4.25. The first-order valence-electron chi connectivity index (χ1n) is 6.68. The highest BCUT2D eigenvalue weighted by atomic mass is 32.2. The summed E-state index contributed by atoms with van der Waals surface area (Å²) in [6.07, 6.45) is 1.58. The Hall–Kier alpha value is -2.03. The number of rotatable bonds is 3. The molecule has 116 valence electrons. The van der Waals surface area contributed by atoms with Gasteiger partial charge in [0.25, 0.3) is 0 Å². The first-order valence-corrected chi connectivity index (χ1v) is 8.12. The third kappa shape index (κ3) is 2.45. The Morgan fingerprint density at radius 1 is 1.32 bits per heavy atom. The van der Waals surface area contributed by atoms with Gasteiger partial charge in [-0.2, -0.15) is 4.31 Å². The molecule has 0 aliphatic carbocycles. The van der Waals surface area contributed by atoms with Crippen molar-refractivity contribution in [2.24, 2.45) is 0 Å². The number of sulfonamides is 1. The Labute approximate surface area is 127 Å². The van der Waals surface area contributed by atoms with E-state index in [2.05, 4.69) is 4.98 Å². The van der Waals surface area contributed by atoms with Gasteiger partial charge in [0, 0.05) is 18.1 Å². The first-order chi connectivity index (χ1) is 10.5. The summed E-state index contributed by atoms with van der Waals surface area (Å²) in [7, 11) is -3.95. The molecule has 1 aromatic heterocycles. The largest absolute Gasteiger partial charge is 0.480 e. The van der Waals surface area contributed by atoms with E-state index in [0.717, 1.165) is 4.31 Å². The lowest BCUT2D eigenvalue weighted by Crippen LogP contribution is -2.52. The summed E-state index contributed by atoms with van der Waals surface area (Å²) in [6.45, 7) is 0.0273. The average Bonchev–Trinajstić information content (AvgIpc) is 2.54. The molecule has 1 aliphatic rings. The van der Waals surface area contributed by atoms with E-state index in [-0.39, 0.29) is 24.7 Å². The standard InChI is InChI=1S/C14H14N2O5S/c17-14(18)12-9-21-8-7-16(12)22(19,20)13-5-1-4-11-10(13)3-2-6-15-11/h1-6,12H,7-9H2,(H,17,18). The van der Waals surface area contributed by atoms with Crippen molar-refractivity contribution >= 4 is 26.9 Å². The zero-order valence-corrected chi connectivity index (χ0v) is 12.4. The van der Waals surface area contributed by atoms with Gasteiger partial charge in [-0.1, -0.05) is 6.07 Å². The van der Waals surface area contributed by atoms with Gasteiger partial charge in [-0.15, -0.1) is 0 Å². The SMILES string of the molecule is O=C(O)C1COCCN1S(=O)(=O)c1cccc2ncccc12. The van der Waals surface area contributed by atoms with Gasteiger partial charge in [0.15, 0.2) is 0 Å². The number of aromatic nitrogens is 1. The molecule has 1 aromatic carbocycles. The number of morpholine rings is 1. The maximum Gasteiger partial charge on any atom is 0.324 e. The highest BCUT2D eigenvalue weighted by Crippen LogP contribution is 2.26. The second-order valence-electron chi connectivity index (χ2n) is 4.87. The molecular weight excluding hydrogens is 308 g/mol. The van der Waals surface area contributed by atoms with Crippen molar-refractivity contribution in [3.8, 4) is 0 Å². The molecule has 0 spiro atoms. The van der Waals surface area contributed by atoms with Gasteiger partial charge in [0.05, 0.1) is 23.6 Å². The summed E-state index contributed by atoms with van der Waals surface area (Å²) in [5.74, 6) is -1.22. The summed E-state index contributed by atoms with van der Waals surface area (Å²) in [6, 6.07) is 6.86. The van der Waals surface area contributed by atoms with Gasteiger partial charge in [-0.05, 0) is 24.3 Å². The molecule has 3 rings (SSSR count). The summed E-state index contributed by atoms with van der Waals surface area (Å²) < 4.78 is 31.9. The molecule has 0 radical (unpaired) electrons. The fourth-order valence-electron chi connectivity index (χ4n) is 2.50.